The maximum Gasteiger partial charge on any atom is 0.223 e. The van der Waals surface area contributed by atoms with Gasteiger partial charge in [-0.3, -0.25) is 4.79 Å². The van der Waals surface area contributed by atoms with Crippen LogP contribution in [0.4, 0.5) is 5.82 Å². The SMILES string of the molecule is COCCNCCNC(=O)C1CCN(c2ncnc3sc(C)c(C)c23)CC1. The number of aryl methyl sites for hydroxylation is 2. The number of nitrogens with one attached hydrogen (secondary N) is 2. The van der Waals surface area contributed by atoms with Gasteiger partial charge >= 0.3 is 0 Å². The molecule has 1 saturated heterocycles. The molecule has 2 aromatic rings. The highest BCUT2D eigenvalue weighted by molar-refractivity contribution is 7.18. The molecule has 0 saturated carbocycles. The van der Waals surface area contributed by atoms with Crippen LogP contribution in [0.1, 0.15) is 23.3 Å². The number of hydrogen-bond donors (Lipinski definition) is 2. The Balaban J connectivity index is 1.51. The molecule has 0 atom stereocenters. The highest BCUT2D eigenvalue weighted by Crippen LogP contribution is 2.35. The van der Waals surface area contributed by atoms with E-state index < -0.39 is 0 Å². The predicted octanol–water partition coefficient (Wildman–Crippen LogP) is 1.88. The lowest BCUT2D eigenvalue weighted by molar-refractivity contribution is -0.125. The van der Waals surface area contributed by atoms with Crippen LogP contribution in [0, 0.1) is 19.8 Å². The number of amides is 1. The first kappa shape index (κ1) is 20.0. The second-order valence-electron chi connectivity index (χ2n) is 6.96. The van der Waals surface area contributed by atoms with Gasteiger partial charge in [-0.15, -0.1) is 11.3 Å². The molecule has 3 rings (SSSR count). The summed E-state index contributed by atoms with van der Waals surface area (Å²) in [5.41, 5.74) is 1.27. The Morgan fingerprint density at radius 2 is 2.04 bits per heavy atom. The smallest absolute Gasteiger partial charge is 0.223 e. The van der Waals surface area contributed by atoms with E-state index in [9.17, 15) is 4.79 Å². The van der Waals surface area contributed by atoms with Crippen molar-refractivity contribution in [2.24, 2.45) is 5.92 Å². The molecule has 2 aromatic heterocycles. The molecule has 27 heavy (non-hydrogen) atoms. The topological polar surface area (TPSA) is 79.4 Å². The van der Waals surface area contributed by atoms with Crippen molar-refractivity contribution < 1.29 is 9.53 Å². The zero-order chi connectivity index (χ0) is 19.2. The summed E-state index contributed by atoms with van der Waals surface area (Å²) in [5, 5.41) is 7.45. The van der Waals surface area contributed by atoms with Gasteiger partial charge in [-0.1, -0.05) is 0 Å². The van der Waals surface area contributed by atoms with Gasteiger partial charge in [0.05, 0.1) is 12.0 Å². The van der Waals surface area contributed by atoms with Gasteiger partial charge in [0.2, 0.25) is 5.91 Å². The summed E-state index contributed by atoms with van der Waals surface area (Å²) in [6, 6.07) is 0. The van der Waals surface area contributed by atoms with E-state index in [2.05, 4.69) is 39.3 Å². The highest BCUT2D eigenvalue weighted by Gasteiger charge is 2.27. The lowest BCUT2D eigenvalue weighted by Crippen LogP contribution is -2.42. The molecule has 148 valence electrons. The number of carbonyl (C=O) groups excluding carboxylic acids is 1. The third kappa shape index (κ3) is 4.75. The van der Waals surface area contributed by atoms with Gasteiger partial charge < -0.3 is 20.3 Å². The minimum absolute atomic E-state index is 0.0860. The van der Waals surface area contributed by atoms with Gasteiger partial charge in [0.1, 0.15) is 17.0 Å². The molecule has 1 aliphatic heterocycles. The zero-order valence-corrected chi connectivity index (χ0v) is 17.2. The molecular weight excluding hydrogens is 362 g/mol. The van der Waals surface area contributed by atoms with Crippen LogP contribution >= 0.6 is 11.3 Å². The van der Waals surface area contributed by atoms with E-state index >= 15 is 0 Å². The standard InChI is InChI=1S/C19H29N5O2S/c1-13-14(2)27-19-16(13)17(22-12-23-19)24-9-4-15(5-10-24)18(25)21-7-6-20-8-11-26-3/h12,15,20H,4-11H2,1-3H3,(H,21,25). The Hall–Kier alpha value is -1.77. The van der Waals surface area contributed by atoms with Crippen LogP contribution in [0.25, 0.3) is 10.2 Å². The number of thiophene rings is 1. The lowest BCUT2D eigenvalue weighted by Gasteiger charge is -2.32. The van der Waals surface area contributed by atoms with Crippen molar-refractivity contribution in [2.45, 2.75) is 26.7 Å². The summed E-state index contributed by atoms with van der Waals surface area (Å²) in [7, 11) is 1.68. The van der Waals surface area contributed by atoms with Gasteiger partial charge in [0, 0.05) is 50.6 Å². The zero-order valence-electron chi connectivity index (χ0n) is 16.4. The van der Waals surface area contributed by atoms with E-state index in [0.717, 1.165) is 49.7 Å². The number of aromatic nitrogens is 2. The number of anilines is 1. The van der Waals surface area contributed by atoms with Crippen LogP contribution in [0.5, 0.6) is 0 Å². The Kier molecular flexibility index (Phi) is 6.98. The molecular formula is C19H29N5O2S. The first-order chi connectivity index (χ1) is 13.1. The molecule has 2 N–H and O–H groups in total. The molecule has 0 aliphatic carbocycles. The van der Waals surface area contributed by atoms with E-state index in [1.54, 1.807) is 24.8 Å². The quantitative estimate of drug-likeness (QED) is 0.669. The van der Waals surface area contributed by atoms with Crippen LogP contribution in [0.15, 0.2) is 6.33 Å². The Morgan fingerprint density at radius 1 is 1.26 bits per heavy atom. The largest absolute Gasteiger partial charge is 0.383 e. The van der Waals surface area contributed by atoms with E-state index in [1.165, 1.54) is 15.8 Å². The Bertz CT molecular complexity index is 771. The monoisotopic (exact) mass is 391 g/mol. The second kappa shape index (κ2) is 9.43. The number of rotatable bonds is 8. The Morgan fingerprint density at radius 3 is 2.78 bits per heavy atom. The first-order valence-corrected chi connectivity index (χ1v) is 10.4. The normalized spacial score (nSPS) is 15.4. The summed E-state index contributed by atoms with van der Waals surface area (Å²) in [6.07, 6.45) is 3.37. The summed E-state index contributed by atoms with van der Waals surface area (Å²) < 4.78 is 4.98. The van der Waals surface area contributed by atoms with Crippen molar-refractivity contribution in [1.82, 2.24) is 20.6 Å². The van der Waals surface area contributed by atoms with Crippen molar-refractivity contribution in [3.8, 4) is 0 Å². The molecule has 1 aliphatic rings. The second-order valence-corrected chi connectivity index (χ2v) is 8.16. The molecule has 0 aromatic carbocycles. The maximum absolute atomic E-state index is 12.4. The molecule has 0 bridgehead atoms. The van der Waals surface area contributed by atoms with Gasteiger partial charge in [0.15, 0.2) is 0 Å². The average molecular weight is 392 g/mol. The van der Waals surface area contributed by atoms with Crippen molar-refractivity contribution in [1.29, 1.82) is 0 Å². The van der Waals surface area contributed by atoms with Crippen LogP contribution < -0.4 is 15.5 Å². The van der Waals surface area contributed by atoms with Crippen LogP contribution in [0.2, 0.25) is 0 Å². The van der Waals surface area contributed by atoms with Crippen LogP contribution in [-0.4, -0.2) is 62.3 Å². The number of carbonyl (C=O) groups is 1. The minimum Gasteiger partial charge on any atom is -0.383 e. The maximum atomic E-state index is 12.4. The highest BCUT2D eigenvalue weighted by atomic mass is 32.1. The number of hydrogen-bond acceptors (Lipinski definition) is 7. The predicted molar refractivity (Wildman–Crippen MR) is 110 cm³/mol. The molecule has 7 nitrogen and oxygen atoms in total. The summed E-state index contributed by atoms with van der Waals surface area (Å²) in [5.74, 6) is 1.27. The molecule has 3 heterocycles. The molecule has 0 spiro atoms. The number of fused-ring (bicyclic) bond motifs is 1. The molecule has 0 unspecified atom stereocenters. The van der Waals surface area contributed by atoms with Gasteiger partial charge in [-0.05, 0) is 32.3 Å². The summed E-state index contributed by atoms with van der Waals surface area (Å²) >= 11 is 1.72. The summed E-state index contributed by atoms with van der Waals surface area (Å²) in [4.78, 5) is 26.0. The number of ether oxygens (including phenoxy) is 1. The minimum atomic E-state index is 0.0860. The van der Waals surface area contributed by atoms with Crippen molar-refractivity contribution in [2.75, 3.05) is 51.3 Å². The molecule has 0 radical (unpaired) electrons. The molecule has 1 fully saturated rings. The van der Waals surface area contributed by atoms with Crippen molar-refractivity contribution >= 4 is 33.3 Å². The fraction of sp³-hybridized carbons (Fsp3) is 0.632. The third-order valence-corrected chi connectivity index (χ3v) is 6.31. The van der Waals surface area contributed by atoms with E-state index in [0.29, 0.717) is 13.2 Å². The van der Waals surface area contributed by atoms with E-state index in [-0.39, 0.29) is 11.8 Å². The fourth-order valence-electron chi connectivity index (χ4n) is 3.47. The fourth-order valence-corrected chi connectivity index (χ4v) is 4.47. The lowest BCUT2D eigenvalue weighted by atomic mass is 9.95. The van der Waals surface area contributed by atoms with Crippen molar-refractivity contribution in [3.05, 3.63) is 16.8 Å². The molecule has 8 heteroatoms. The van der Waals surface area contributed by atoms with Crippen molar-refractivity contribution in [3.63, 3.8) is 0 Å². The van der Waals surface area contributed by atoms with Crippen LogP contribution in [0.3, 0.4) is 0 Å². The average Bonchev–Trinajstić information content (AvgIpc) is 2.98. The van der Waals surface area contributed by atoms with Gasteiger partial charge in [-0.25, -0.2) is 9.97 Å². The van der Waals surface area contributed by atoms with E-state index in [1.807, 2.05) is 0 Å². The number of piperidine rings is 1. The first-order valence-electron chi connectivity index (χ1n) is 9.54. The number of methoxy groups -OCH3 is 1. The summed E-state index contributed by atoms with van der Waals surface area (Å²) in [6.45, 7) is 8.89. The Labute approximate surface area is 164 Å². The van der Waals surface area contributed by atoms with Crippen LogP contribution in [-0.2, 0) is 9.53 Å². The van der Waals surface area contributed by atoms with Gasteiger partial charge in [0.25, 0.3) is 0 Å². The van der Waals surface area contributed by atoms with E-state index in [4.69, 9.17) is 4.74 Å². The van der Waals surface area contributed by atoms with Gasteiger partial charge in [-0.2, -0.15) is 0 Å². The third-order valence-electron chi connectivity index (χ3n) is 5.19. The number of nitrogens with zero attached hydrogens (tertiary/aromatic N) is 3. The molecule has 1 amide bonds.